The summed E-state index contributed by atoms with van der Waals surface area (Å²) in [6.45, 7) is 5.05. The summed E-state index contributed by atoms with van der Waals surface area (Å²) in [5.74, 6) is 0.870. The number of aryl methyl sites for hydroxylation is 1. The number of esters is 1. The number of anilines is 1. The summed E-state index contributed by atoms with van der Waals surface area (Å²) < 4.78 is 16.4. The molecular weight excluding hydrogens is 306 g/mol. The van der Waals surface area contributed by atoms with Crippen LogP contribution < -0.4 is 15.2 Å². The van der Waals surface area contributed by atoms with Gasteiger partial charge in [-0.25, -0.2) is 4.79 Å². The van der Waals surface area contributed by atoms with E-state index in [1.807, 2.05) is 38.1 Å². The highest BCUT2D eigenvalue weighted by Crippen LogP contribution is 2.23. The molecular formula is C19H23NO4. The first kappa shape index (κ1) is 17.7. The van der Waals surface area contributed by atoms with Gasteiger partial charge < -0.3 is 19.9 Å². The van der Waals surface area contributed by atoms with Crippen molar-refractivity contribution in [1.29, 1.82) is 0 Å². The van der Waals surface area contributed by atoms with Crippen LogP contribution in [0.5, 0.6) is 11.5 Å². The van der Waals surface area contributed by atoms with Crippen LogP contribution in [-0.2, 0) is 4.74 Å². The first-order valence-corrected chi connectivity index (χ1v) is 7.99. The van der Waals surface area contributed by atoms with Gasteiger partial charge in [-0.05, 0) is 49.2 Å². The zero-order chi connectivity index (χ0) is 17.4. The summed E-state index contributed by atoms with van der Waals surface area (Å²) in [4.78, 5) is 11.9. The molecule has 0 aromatic heterocycles. The molecule has 128 valence electrons. The third-order valence-electron chi connectivity index (χ3n) is 3.29. The Morgan fingerprint density at radius 2 is 1.83 bits per heavy atom. The number of hydrogen-bond donors (Lipinski definition) is 1. The molecule has 0 radical (unpaired) electrons. The van der Waals surface area contributed by atoms with Gasteiger partial charge in [0.05, 0.1) is 17.9 Å². The van der Waals surface area contributed by atoms with E-state index >= 15 is 0 Å². The van der Waals surface area contributed by atoms with E-state index in [1.54, 1.807) is 18.2 Å². The molecule has 0 bridgehead atoms. The maximum absolute atomic E-state index is 11.9. The topological polar surface area (TPSA) is 70.8 Å². The van der Waals surface area contributed by atoms with E-state index in [0.717, 1.165) is 17.7 Å². The third kappa shape index (κ3) is 5.19. The average Bonchev–Trinajstić information content (AvgIpc) is 2.58. The van der Waals surface area contributed by atoms with Gasteiger partial charge in [0, 0.05) is 0 Å². The van der Waals surface area contributed by atoms with Crippen molar-refractivity contribution in [1.82, 2.24) is 0 Å². The van der Waals surface area contributed by atoms with Gasteiger partial charge in [-0.3, -0.25) is 0 Å². The number of nitrogens with two attached hydrogens (primary N) is 1. The van der Waals surface area contributed by atoms with Crippen LogP contribution >= 0.6 is 0 Å². The van der Waals surface area contributed by atoms with Gasteiger partial charge in [-0.2, -0.15) is 0 Å². The molecule has 0 aliphatic carbocycles. The van der Waals surface area contributed by atoms with Gasteiger partial charge in [0.2, 0.25) is 0 Å². The number of carbonyl (C=O) groups is 1. The molecule has 0 atom stereocenters. The van der Waals surface area contributed by atoms with Crippen molar-refractivity contribution in [3.8, 4) is 11.5 Å². The summed E-state index contributed by atoms with van der Waals surface area (Å²) in [6.07, 6.45) is 0.778. The molecule has 0 saturated heterocycles. The number of carbonyl (C=O) groups excluding carboxylic acids is 1. The minimum atomic E-state index is -0.377. The van der Waals surface area contributed by atoms with Crippen LogP contribution in [-0.4, -0.2) is 25.8 Å². The smallest absolute Gasteiger partial charge is 0.338 e. The Kier molecular flexibility index (Phi) is 6.49. The number of ether oxygens (including phenoxy) is 3. The highest BCUT2D eigenvalue weighted by atomic mass is 16.5. The van der Waals surface area contributed by atoms with Crippen LogP contribution in [0.2, 0.25) is 0 Å². The van der Waals surface area contributed by atoms with E-state index in [2.05, 4.69) is 0 Å². The van der Waals surface area contributed by atoms with E-state index in [1.165, 1.54) is 0 Å². The van der Waals surface area contributed by atoms with Gasteiger partial charge in [0.15, 0.2) is 0 Å². The monoisotopic (exact) mass is 329 g/mol. The van der Waals surface area contributed by atoms with Crippen molar-refractivity contribution in [3.63, 3.8) is 0 Å². The molecule has 5 heteroatoms. The summed E-state index contributed by atoms with van der Waals surface area (Å²) >= 11 is 0. The van der Waals surface area contributed by atoms with E-state index < -0.39 is 0 Å². The molecule has 0 amide bonds. The SMILES string of the molecule is CCCOC(=O)c1ccc(N)c(OCCOc2cccc(C)c2)c1. The Labute approximate surface area is 142 Å². The Morgan fingerprint density at radius 1 is 1.04 bits per heavy atom. The van der Waals surface area contributed by atoms with Crippen LogP contribution in [0.15, 0.2) is 42.5 Å². The second-order valence-electron chi connectivity index (χ2n) is 5.40. The predicted octanol–water partition coefficient (Wildman–Crippen LogP) is 3.60. The van der Waals surface area contributed by atoms with Gasteiger partial charge in [-0.15, -0.1) is 0 Å². The summed E-state index contributed by atoms with van der Waals surface area (Å²) in [6, 6.07) is 12.7. The van der Waals surface area contributed by atoms with Crippen molar-refractivity contribution < 1.29 is 19.0 Å². The highest BCUT2D eigenvalue weighted by Gasteiger charge is 2.10. The molecule has 0 unspecified atom stereocenters. The Hall–Kier alpha value is -2.69. The zero-order valence-corrected chi connectivity index (χ0v) is 14.1. The average molecular weight is 329 g/mol. The minimum absolute atomic E-state index is 0.325. The number of rotatable bonds is 8. The van der Waals surface area contributed by atoms with Crippen LogP contribution in [0.3, 0.4) is 0 Å². The molecule has 0 saturated carbocycles. The molecule has 2 N–H and O–H groups in total. The van der Waals surface area contributed by atoms with Crippen molar-refractivity contribution in [3.05, 3.63) is 53.6 Å². The largest absolute Gasteiger partial charge is 0.490 e. The third-order valence-corrected chi connectivity index (χ3v) is 3.29. The lowest BCUT2D eigenvalue weighted by Gasteiger charge is -2.12. The lowest BCUT2D eigenvalue weighted by atomic mass is 10.2. The molecule has 0 spiro atoms. The Morgan fingerprint density at radius 3 is 2.58 bits per heavy atom. The second kappa shape index (κ2) is 8.82. The molecule has 0 aliphatic heterocycles. The summed E-state index contributed by atoms with van der Waals surface area (Å²) in [5, 5.41) is 0. The van der Waals surface area contributed by atoms with Gasteiger partial charge in [-0.1, -0.05) is 19.1 Å². The first-order chi connectivity index (χ1) is 11.6. The molecule has 0 aliphatic rings. The zero-order valence-electron chi connectivity index (χ0n) is 14.1. The van der Waals surface area contributed by atoms with Crippen LogP contribution in [0.4, 0.5) is 5.69 Å². The van der Waals surface area contributed by atoms with Crippen molar-refractivity contribution in [2.24, 2.45) is 0 Å². The standard InChI is InChI=1S/C19H23NO4/c1-3-9-24-19(21)15-7-8-17(20)18(13-15)23-11-10-22-16-6-4-5-14(2)12-16/h4-8,12-13H,3,9-11,20H2,1-2H3. The van der Waals surface area contributed by atoms with Crippen LogP contribution in [0.25, 0.3) is 0 Å². The Bertz CT molecular complexity index is 685. The van der Waals surface area contributed by atoms with Crippen molar-refractivity contribution >= 4 is 11.7 Å². The fraction of sp³-hybridized carbons (Fsp3) is 0.316. The second-order valence-corrected chi connectivity index (χ2v) is 5.40. The normalized spacial score (nSPS) is 10.2. The molecule has 2 aromatic carbocycles. The van der Waals surface area contributed by atoms with E-state index in [-0.39, 0.29) is 5.97 Å². The number of nitrogen functional groups attached to an aromatic ring is 1. The lowest BCUT2D eigenvalue weighted by Crippen LogP contribution is -2.11. The molecule has 2 rings (SSSR count). The molecule has 2 aromatic rings. The predicted molar refractivity (Wildman–Crippen MR) is 93.6 cm³/mol. The first-order valence-electron chi connectivity index (χ1n) is 7.99. The lowest BCUT2D eigenvalue weighted by molar-refractivity contribution is 0.0504. The fourth-order valence-corrected chi connectivity index (χ4v) is 2.08. The molecule has 5 nitrogen and oxygen atoms in total. The minimum Gasteiger partial charge on any atom is -0.490 e. The molecule has 0 heterocycles. The Balaban J connectivity index is 1.88. The van der Waals surface area contributed by atoms with Crippen LogP contribution in [0, 0.1) is 6.92 Å². The summed E-state index contributed by atoms with van der Waals surface area (Å²) in [7, 11) is 0. The molecule has 24 heavy (non-hydrogen) atoms. The molecule has 0 fully saturated rings. The quantitative estimate of drug-likeness (QED) is 0.455. The number of benzene rings is 2. The van der Waals surface area contributed by atoms with Gasteiger partial charge in [0.25, 0.3) is 0 Å². The van der Waals surface area contributed by atoms with E-state index in [9.17, 15) is 4.79 Å². The van der Waals surface area contributed by atoms with E-state index in [0.29, 0.717) is 36.8 Å². The maximum atomic E-state index is 11.9. The van der Waals surface area contributed by atoms with Gasteiger partial charge in [0.1, 0.15) is 24.7 Å². The summed E-state index contributed by atoms with van der Waals surface area (Å²) in [5.41, 5.74) is 7.91. The number of hydrogen-bond acceptors (Lipinski definition) is 5. The van der Waals surface area contributed by atoms with Crippen LogP contribution in [0.1, 0.15) is 29.3 Å². The van der Waals surface area contributed by atoms with Crippen molar-refractivity contribution in [2.45, 2.75) is 20.3 Å². The van der Waals surface area contributed by atoms with Gasteiger partial charge >= 0.3 is 5.97 Å². The van der Waals surface area contributed by atoms with Crippen molar-refractivity contribution in [2.75, 3.05) is 25.6 Å². The maximum Gasteiger partial charge on any atom is 0.338 e. The highest BCUT2D eigenvalue weighted by molar-refractivity contribution is 5.90. The van der Waals surface area contributed by atoms with E-state index in [4.69, 9.17) is 19.9 Å². The fourth-order valence-electron chi connectivity index (χ4n) is 2.08.